The molecule has 0 atom stereocenters. The van der Waals surface area contributed by atoms with Crippen molar-refractivity contribution in [3.8, 4) is 23.0 Å². The van der Waals surface area contributed by atoms with E-state index in [1.54, 1.807) is 0 Å². The Labute approximate surface area is 163 Å². The Morgan fingerprint density at radius 3 is 1.63 bits per heavy atom. The van der Waals surface area contributed by atoms with Crippen molar-refractivity contribution in [1.82, 2.24) is 0 Å². The standard InChI is InChI=1S/C27H26/c1-3-5-7-23-14-18-26(19-15-23)27-20-16-25(17-21-27)13-12-24-10-8-22(6-4-2)9-11-24/h3,8-11,14-21H,1,4-7H2,2H3. The summed E-state index contributed by atoms with van der Waals surface area (Å²) in [6, 6.07) is 25.8. The van der Waals surface area contributed by atoms with Crippen LogP contribution >= 0.6 is 0 Å². The van der Waals surface area contributed by atoms with Crippen LogP contribution < -0.4 is 0 Å². The van der Waals surface area contributed by atoms with E-state index < -0.39 is 0 Å². The molecule has 0 bridgehead atoms. The Hall–Kier alpha value is -3.04. The quantitative estimate of drug-likeness (QED) is 0.338. The zero-order valence-electron chi connectivity index (χ0n) is 16.0. The van der Waals surface area contributed by atoms with Crippen molar-refractivity contribution < 1.29 is 0 Å². The van der Waals surface area contributed by atoms with Gasteiger partial charge in [-0.15, -0.1) is 6.58 Å². The first-order chi connectivity index (χ1) is 13.3. The Balaban J connectivity index is 1.67. The Bertz CT molecular complexity index is 915. The fraction of sp³-hybridized carbons (Fsp3) is 0.185. The van der Waals surface area contributed by atoms with Crippen molar-refractivity contribution in [2.45, 2.75) is 32.6 Å². The molecule has 0 radical (unpaired) electrons. The average molecular weight is 351 g/mol. The Kier molecular flexibility index (Phi) is 6.66. The van der Waals surface area contributed by atoms with Crippen molar-refractivity contribution in [2.24, 2.45) is 0 Å². The van der Waals surface area contributed by atoms with Crippen LogP contribution in [0.25, 0.3) is 11.1 Å². The third-order valence-corrected chi connectivity index (χ3v) is 4.65. The van der Waals surface area contributed by atoms with Crippen LogP contribution in [-0.4, -0.2) is 0 Å². The molecule has 0 amide bonds. The van der Waals surface area contributed by atoms with Gasteiger partial charge in [0, 0.05) is 11.1 Å². The van der Waals surface area contributed by atoms with E-state index in [-0.39, 0.29) is 0 Å². The molecule has 3 aromatic rings. The van der Waals surface area contributed by atoms with Gasteiger partial charge in [0.1, 0.15) is 0 Å². The van der Waals surface area contributed by atoms with Gasteiger partial charge in [0.25, 0.3) is 0 Å². The summed E-state index contributed by atoms with van der Waals surface area (Å²) in [6.07, 6.45) is 6.35. The average Bonchev–Trinajstić information content (AvgIpc) is 2.73. The van der Waals surface area contributed by atoms with E-state index in [4.69, 9.17) is 0 Å². The maximum atomic E-state index is 3.78. The topological polar surface area (TPSA) is 0 Å². The summed E-state index contributed by atoms with van der Waals surface area (Å²) in [5.74, 6) is 6.52. The van der Waals surface area contributed by atoms with E-state index in [0.29, 0.717) is 0 Å². The van der Waals surface area contributed by atoms with Gasteiger partial charge in [-0.3, -0.25) is 0 Å². The molecule has 0 aliphatic rings. The Morgan fingerprint density at radius 1 is 0.667 bits per heavy atom. The summed E-state index contributed by atoms with van der Waals surface area (Å²) >= 11 is 0. The monoisotopic (exact) mass is 350 g/mol. The molecule has 3 rings (SSSR count). The third-order valence-electron chi connectivity index (χ3n) is 4.65. The van der Waals surface area contributed by atoms with Gasteiger partial charge in [0.15, 0.2) is 0 Å². The molecular formula is C27H26. The molecule has 0 heterocycles. The van der Waals surface area contributed by atoms with E-state index in [2.05, 4.69) is 98.1 Å². The molecule has 0 saturated heterocycles. The maximum absolute atomic E-state index is 3.78. The van der Waals surface area contributed by atoms with E-state index in [0.717, 1.165) is 30.4 Å². The minimum absolute atomic E-state index is 1.02. The van der Waals surface area contributed by atoms with Gasteiger partial charge in [0.2, 0.25) is 0 Å². The van der Waals surface area contributed by atoms with E-state index in [1.807, 2.05) is 6.08 Å². The molecule has 0 heteroatoms. The van der Waals surface area contributed by atoms with Crippen molar-refractivity contribution >= 4 is 0 Å². The second-order valence-corrected chi connectivity index (χ2v) is 6.80. The highest BCUT2D eigenvalue weighted by molar-refractivity contribution is 5.64. The van der Waals surface area contributed by atoms with Gasteiger partial charge in [0.05, 0.1) is 0 Å². The summed E-state index contributed by atoms with van der Waals surface area (Å²) in [4.78, 5) is 0. The van der Waals surface area contributed by atoms with Crippen LogP contribution in [-0.2, 0) is 12.8 Å². The highest BCUT2D eigenvalue weighted by Gasteiger charge is 1.98. The second-order valence-electron chi connectivity index (χ2n) is 6.80. The van der Waals surface area contributed by atoms with Gasteiger partial charge in [-0.25, -0.2) is 0 Å². The fourth-order valence-corrected chi connectivity index (χ4v) is 3.07. The second kappa shape index (κ2) is 9.60. The van der Waals surface area contributed by atoms with Crippen molar-refractivity contribution in [3.05, 3.63) is 108 Å². The molecule has 27 heavy (non-hydrogen) atoms. The first kappa shape index (κ1) is 18.7. The molecule has 0 aliphatic heterocycles. The lowest BCUT2D eigenvalue weighted by Gasteiger charge is -2.04. The van der Waals surface area contributed by atoms with Gasteiger partial charge in [-0.1, -0.05) is 79.8 Å². The molecular weight excluding hydrogens is 324 g/mol. The van der Waals surface area contributed by atoms with Crippen molar-refractivity contribution in [2.75, 3.05) is 0 Å². The molecule has 0 aromatic heterocycles. The molecule has 0 nitrogen and oxygen atoms in total. The maximum Gasteiger partial charge on any atom is 0.0249 e. The number of allylic oxidation sites excluding steroid dienone is 1. The van der Waals surface area contributed by atoms with E-state index in [1.165, 1.54) is 28.7 Å². The van der Waals surface area contributed by atoms with Gasteiger partial charge < -0.3 is 0 Å². The molecule has 134 valence electrons. The van der Waals surface area contributed by atoms with Crippen molar-refractivity contribution in [3.63, 3.8) is 0 Å². The summed E-state index contributed by atoms with van der Waals surface area (Å²) in [6.45, 7) is 5.99. The molecule has 0 N–H and O–H groups in total. The lowest BCUT2D eigenvalue weighted by Crippen LogP contribution is -1.85. The molecule has 0 unspecified atom stereocenters. The molecule has 3 aromatic carbocycles. The molecule has 0 aliphatic carbocycles. The molecule has 0 fully saturated rings. The number of rotatable bonds is 6. The van der Waals surface area contributed by atoms with E-state index >= 15 is 0 Å². The molecule has 0 spiro atoms. The van der Waals surface area contributed by atoms with Crippen LogP contribution in [0.1, 0.15) is 42.0 Å². The van der Waals surface area contributed by atoms with Crippen molar-refractivity contribution in [1.29, 1.82) is 0 Å². The minimum Gasteiger partial charge on any atom is -0.103 e. The first-order valence-corrected chi connectivity index (χ1v) is 9.69. The van der Waals surface area contributed by atoms with E-state index in [9.17, 15) is 0 Å². The van der Waals surface area contributed by atoms with Gasteiger partial charge in [-0.2, -0.15) is 0 Å². The zero-order valence-corrected chi connectivity index (χ0v) is 16.0. The van der Waals surface area contributed by atoms with Crippen LogP contribution in [0.5, 0.6) is 0 Å². The highest BCUT2D eigenvalue weighted by atomic mass is 14.0. The smallest absolute Gasteiger partial charge is 0.0249 e. The Morgan fingerprint density at radius 2 is 1.11 bits per heavy atom. The highest BCUT2D eigenvalue weighted by Crippen LogP contribution is 2.21. The summed E-state index contributed by atoms with van der Waals surface area (Å²) in [5.41, 5.74) is 7.30. The lowest BCUT2D eigenvalue weighted by atomic mass is 10.0. The third kappa shape index (κ3) is 5.47. The van der Waals surface area contributed by atoms with Crippen LogP contribution in [0.4, 0.5) is 0 Å². The SMILES string of the molecule is C=CCCc1ccc(-c2ccc(C#Cc3ccc(CCC)cc3)cc2)cc1. The number of benzene rings is 3. The van der Waals surface area contributed by atoms with Crippen LogP contribution in [0, 0.1) is 11.8 Å². The number of aryl methyl sites for hydroxylation is 2. The predicted octanol–water partition coefficient (Wildman–Crippen LogP) is 6.82. The zero-order chi connectivity index (χ0) is 18.9. The number of hydrogen-bond acceptors (Lipinski definition) is 0. The summed E-state index contributed by atoms with van der Waals surface area (Å²) in [5, 5.41) is 0. The predicted molar refractivity (Wildman–Crippen MR) is 117 cm³/mol. The number of hydrogen-bond donors (Lipinski definition) is 0. The molecule has 0 saturated carbocycles. The minimum atomic E-state index is 1.02. The summed E-state index contributed by atoms with van der Waals surface area (Å²) < 4.78 is 0. The van der Waals surface area contributed by atoms with Crippen LogP contribution in [0.15, 0.2) is 85.5 Å². The lowest BCUT2D eigenvalue weighted by molar-refractivity contribution is 0.922. The van der Waals surface area contributed by atoms with Crippen LogP contribution in [0.2, 0.25) is 0 Å². The van der Waals surface area contributed by atoms with Crippen LogP contribution in [0.3, 0.4) is 0 Å². The van der Waals surface area contributed by atoms with Gasteiger partial charge >= 0.3 is 0 Å². The first-order valence-electron chi connectivity index (χ1n) is 9.69. The summed E-state index contributed by atoms with van der Waals surface area (Å²) in [7, 11) is 0. The fourth-order valence-electron chi connectivity index (χ4n) is 3.07. The largest absolute Gasteiger partial charge is 0.103 e. The normalized spacial score (nSPS) is 10.1. The van der Waals surface area contributed by atoms with Gasteiger partial charge in [-0.05, 0) is 65.8 Å².